The summed E-state index contributed by atoms with van der Waals surface area (Å²) in [7, 11) is 0. The number of para-hydroxylation sites is 1. The summed E-state index contributed by atoms with van der Waals surface area (Å²) in [6, 6.07) is 12.4. The average molecular weight is 393 g/mol. The molecule has 6 heteroatoms. The molecule has 0 bridgehead atoms. The first kappa shape index (κ1) is 20.3. The smallest absolute Gasteiger partial charge is 0.244 e. The normalized spacial score (nSPS) is 11.2. The second-order valence-corrected chi connectivity index (χ2v) is 7.89. The zero-order chi connectivity index (χ0) is 19.5. The van der Waals surface area contributed by atoms with Gasteiger partial charge in [0.15, 0.2) is 0 Å². The van der Waals surface area contributed by atoms with E-state index in [2.05, 4.69) is 26.1 Å². The molecule has 0 radical (unpaired) electrons. The quantitative estimate of drug-likeness (QED) is 0.768. The van der Waals surface area contributed by atoms with Crippen molar-refractivity contribution in [1.82, 2.24) is 0 Å². The molecule has 0 aromatic heterocycles. The Morgan fingerprint density at radius 3 is 2.31 bits per heavy atom. The van der Waals surface area contributed by atoms with E-state index in [1.165, 1.54) is 11.8 Å². The van der Waals surface area contributed by atoms with E-state index in [-0.39, 0.29) is 23.8 Å². The molecule has 2 rings (SSSR count). The number of rotatable bonds is 4. The van der Waals surface area contributed by atoms with E-state index < -0.39 is 0 Å². The fourth-order valence-electron chi connectivity index (χ4n) is 2.65. The molecule has 0 aliphatic rings. The predicted molar refractivity (Wildman–Crippen MR) is 108 cm³/mol. The first-order valence-corrected chi connectivity index (χ1v) is 8.97. The summed E-state index contributed by atoms with van der Waals surface area (Å²) >= 11 is 12.1. The third-order valence-electron chi connectivity index (χ3n) is 3.89. The molecule has 0 atom stereocenters. The van der Waals surface area contributed by atoms with Gasteiger partial charge in [-0.15, -0.1) is 0 Å². The van der Waals surface area contributed by atoms with Crippen LogP contribution in [0, 0.1) is 0 Å². The van der Waals surface area contributed by atoms with Crippen molar-refractivity contribution in [2.75, 3.05) is 16.8 Å². The minimum Gasteiger partial charge on any atom is -0.324 e. The number of halogens is 2. The molecular formula is C20H22Cl2N2O2. The highest BCUT2D eigenvalue weighted by Crippen LogP contribution is 2.30. The molecule has 2 amide bonds. The standard InChI is InChI=1S/C20H22Cl2N2O2/c1-13(25)24(18-10-9-14(21)11-16(18)22)12-19(26)23-17-8-6-5-7-15(17)20(2,3)4/h5-11H,12H2,1-4H3,(H,23,26). The maximum atomic E-state index is 12.6. The number of benzene rings is 2. The van der Waals surface area contributed by atoms with Gasteiger partial charge in [0.1, 0.15) is 6.54 Å². The second-order valence-electron chi connectivity index (χ2n) is 7.04. The molecule has 0 aliphatic heterocycles. The minimum absolute atomic E-state index is 0.121. The molecule has 0 heterocycles. The second kappa shape index (κ2) is 8.11. The van der Waals surface area contributed by atoms with Crippen molar-refractivity contribution in [3.63, 3.8) is 0 Å². The van der Waals surface area contributed by atoms with Crippen molar-refractivity contribution in [3.05, 3.63) is 58.1 Å². The molecule has 0 aliphatic carbocycles. The van der Waals surface area contributed by atoms with Crippen LogP contribution in [-0.4, -0.2) is 18.4 Å². The van der Waals surface area contributed by atoms with Crippen LogP contribution >= 0.6 is 23.2 Å². The molecule has 0 unspecified atom stereocenters. The molecule has 2 aromatic rings. The van der Waals surface area contributed by atoms with Gasteiger partial charge in [-0.2, -0.15) is 0 Å². The number of nitrogens with one attached hydrogen (secondary N) is 1. The van der Waals surface area contributed by atoms with Crippen LogP contribution in [0.3, 0.4) is 0 Å². The third-order valence-corrected chi connectivity index (χ3v) is 4.43. The van der Waals surface area contributed by atoms with Crippen molar-refractivity contribution >= 4 is 46.4 Å². The van der Waals surface area contributed by atoms with E-state index in [4.69, 9.17) is 23.2 Å². The Kier molecular flexibility index (Phi) is 6.32. The number of hydrogen-bond donors (Lipinski definition) is 1. The Labute approximate surface area is 164 Å². The van der Waals surface area contributed by atoms with Gasteiger partial charge in [0.2, 0.25) is 11.8 Å². The third kappa shape index (κ3) is 4.99. The Hall–Kier alpha value is -2.04. The van der Waals surface area contributed by atoms with Gasteiger partial charge in [0.05, 0.1) is 10.7 Å². The molecule has 2 aromatic carbocycles. The van der Waals surface area contributed by atoms with Gasteiger partial charge in [-0.3, -0.25) is 9.59 Å². The van der Waals surface area contributed by atoms with Gasteiger partial charge < -0.3 is 10.2 Å². The molecule has 0 saturated heterocycles. The van der Waals surface area contributed by atoms with Crippen LogP contribution in [0.25, 0.3) is 0 Å². The van der Waals surface area contributed by atoms with Crippen molar-refractivity contribution < 1.29 is 9.59 Å². The Morgan fingerprint density at radius 2 is 1.73 bits per heavy atom. The van der Waals surface area contributed by atoms with Gasteiger partial charge in [-0.05, 0) is 35.2 Å². The SMILES string of the molecule is CC(=O)N(CC(=O)Nc1ccccc1C(C)(C)C)c1ccc(Cl)cc1Cl. The first-order chi connectivity index (χ1) is 12.1. The summed E-state index contributed by atoms with van der Waals surface area (Å²) in [6.07, 6.45) is 0. The molecule has 0 fully saturated rings. The molecule has 1 N–H and O–H groups in total. The topological polar surface area (TPSA) is 49.4 Å². The predicted octanol–water partition coefficient (Wildman–Crippen LogP) is 5.28. The van der Waals surface area contributed by atoms with Crippen molar-refractivity contribution in [2.24, 2.45) is 0 Å². The number of hydrogen-bond acceptors (Lipinski definition) is 2. The molecule has 0 spiro atoms. The van der Waals surface area contributed by atoms with Gasteiger partial charge in [0, 0.05) is 17.6 Å². The average Bonchev–Trinajstić information content (AvgIpc) is 2.52. The zero-order valence-corrected chi connectivity index (χ0v) is 16.8. The van der Waals surface area contributed by atoms with Crippen LogP contribution in [0.2, 0.25) is 10.0 Å². The lowest BCUT2D eigenvalue weighted by Crippen LogP contribution is -2.37. The van der Waals surface area contributed by atoms with Gasteiger partial charge in [-0.1, -0.05) is 62.2 Å². The van der Waals surface area contributed by atoms with Crippen LogP contribution in [0.15, 0.2) is 42.5 Å². The largest absolute Gasteiger partial charge is 0.324 e. The van der Waals surface area contributed by atoms with Crippen LogP contribution in [0.1, 0.15) is 33.3 Å². The van der Waals surface area contributed by atoms with Crippen LogP contribution < -0.4 is 10.2 Å². The highest BCUT2D eigenvalue weighted by Gasteiger charge is 2.21. The van der Waals surface area contributed by atoms with Crippen molar-refractivity contribution in [1.29, 1.82) is 0 Å². The van der Waals surface area contributed by atoms with Gasteiger partial charge in [-0.25, -0.2) is 0 Å². The fourth-order valence-corrected chi connectivity index (χ4v) is 3.16. The van der Waals surface area contributed by atoms with E-state index in [1.807, 2.05) is 24.3 Å². The van der Waals surface area contributed by atoms with Crippen LogP contribution in [-0.2, 0) is 15.0 Å². The Bertz CT molecular complexity index is 829. The van der Waals surface area contributed by atoms with Crippen LogP contribution in [0.4, 0.5) is 11.4 Å². The molecule has 4 nitrogen and oxygen atoms in total. The maximum Gasteiger partial charge on any atom is 0.244 e. The van der Waals surface area contributed by atoms with Gasteiger partial charge >= 0.3 is 0 Å². The number of amides is 2. The molecule has 0 saturated carbocycles. The van der Waals surface area contributed by atoms with Crippen molar-refractivity contribution in [3.8, 4) is 0 Å². The summed E-state index contributed by atoms with van der Waals surface area (Å²) in [5.41, 5.74) is 2.08. The lowest BCUT2D eigenvalue weighted by molar-refractivity contribution is -0.120. The lowest BCUT2D eigenvalue weighted by atomic mass is 9.86. The van der Waals surface area contributed by atoms with E-state index in [0.29, 0.717) is 15.7 Å². The van der Waals surface area contributed by atoms with E-state index in [0.717, 1.165) is 11.3 Å². The number of anilines is 2. The van der Waals surface area contributed by atoms with E-state index in [1.54, 1.807) is 18.2 Å². The minimum atomic E-state index is -0.303. The summed E-state index contributed by atoms with van der Waals surface area (Å²) in [5, 5.41) is 3.68. The molecule has 138 valence electrons. The Balaban J connectivity index is 2.24. The highest BCUT2D eigenvalue weighted by molar-refractivity contribution is 6.36. The summed E-state index contributed by atoms with van der Waals surface area (Å²) in [5.74, 6) is -0.587. The van der Waals surface area contributed by atoms with E-state index >= 15 is 0 Å². The Morgan fingerprint density at radius 1 is 1.08 bits per heavy atom. The molecule has 26 heavy (non-hydrogen) atoms. The van der Waals surface area contributed by atoms with E-state index in [9.17, 15) is 9.59 Å². The first-order valence-electron chi connectivity index (χ1n) is 8.22. The summed E-state index contributed by atoms with van der Waals surface area (Å²) < 4.78 is 0. The van der Waals surface area contributed by atoms with Gasteiger partial charge in [0.25, 0.3) is 0 Å². The highest BCUT2D eigenvalue weighted by atomic mass is 35.5. The number of carbonyl (C=O) groups excluding carboxylic acids is 2. The summed E-state index contributed by atoms with van der Waals surface area (Å²) in [4.78, 5) is 26.0. The monoisotopic (exact) mass is 392 g/mol. The summed E-state index contributed by atoms with van der Waals surface area (Å²) in [6.45, 7) is 7.48. The van der Waals surface area contributed by atoms with Crippen molar-refractivity contribution in [2.45, 2.75) is 33.1 Å². The van der Waals surface area contributed by atoms with Crippen LogP contribution in [0.5, 0.6) is 0 Å². The maximum absolute atomic E-state index is 12.6. The lowest BCUT2D eigenvalue weighted by Gasteiger charge is -2.25. The zero-order valence-electron chi connectivity index (χ0n) is 15.3. The molecular weight excluding hydrogens is 371 g/mol. The number of carbonyl (C=O) groups is 2. The number of nitrogens with zero attached hydrogens (tertiary/aromatic N) is 1. The fraction of sp³-hybridized carbons (Fsp3) is 0.300.